The van der Waals surface area contributed by atoms with Gasteiger partial charge in [0.25, 0.3) is 0 Å². The highest BCUT2D eigenvalue weighted by molar-refractivity contribution is 5.98. The van der Waals surface area contributed by atoms with Crippen LogP contribution >= 0.6 is 0 Å². The number of nitrogens with zero attached hydrogens (tertiary/aromatic N) is 2. The van der Waals surface area contributed by atoms with E-state index in [1.165, 1.54) is 30.3 Å². The first kappa shape index (κ1) is 16.1. The number of rotatable bonds is 4. The summed E-state index contributed by atoms with van der Waals surface area (Å²) < 4.78 is 13.0. The smallest absolute Gasteiger partial charge is 0.354 e. The molecule has 0 aliphatic carbocycles. The van der Waals surface area contributed by atoms with Gasteiger partial charge in [-0.25, -0.2) is 14.2 Å². The Hall–Kier alpha value is -2.76. The van der Waals surface area contributed by atoms with Crippen LogP contribution in [0, 0.1) is 11.7 Å². The van der Waals surface area contributed by atoms with E-state index in [-0.39, 0.29) is 23.2 Å². The van der Waals surface area contributed by atoms with E-state index < -0.39 is 5.97 Å². The fourth-order valence-electron chi connectivity index (χ4n) is 2.97. The van der Waals surface area contributed by atoms with E-state index in [2.05, 4.69) is 4.98 Å². The van der Waals surface area contributed by atoms with Gasteiger partial charge in [0.2, 0.25) is 0 Å². The number of ketones is 1. The van der Waals surface area contributed by atoms with Gasteiger partial charge < -0.3 is 10.0 Å². The van der Waals surface area contributed by atoms with E-state index in [0.717, 1.165) is 19.4 Å². The van der Waals surface area contributed by atoms with E-state index in [4.69, 9.17) is 5.11 Å². The predicted octanol–water partition coefficient (Wildman–Crippen LogP) is 3.02. The normalized spacial score (nSPS) is 17.5. The number of anilines is 1. The molecule has 24 heavy (non-hydrogen) atoms. The van der Waals surface area contributed by atoms with Crippen LogP contribution < -0.4 is 4.90 Å². The lowest BCUT2D eigenvalue weighted by molar-refractivity contribution is 0.0690. The van der Waals surface area contributed by atoms with Crippen LogP contribution in [-0.2, 0) is 0 Å². The second-order valence-electron chi connectivity index (χ2n) is 5.84. The Balaban J connectivity index is 1.76. The molecule has 1 N–H and O–H groups in total. The zero-order valence-corrected chi connectivity index (χ0v) is 13.0. The number of carbonyl (C=O) groups is 2. The molecule has 1 aliphatic rings. The number of pyridine rings is 1. The van der Waals surface area contributed by atoms with Crippen LogP contribution in [0.5, 0.6) is 0 Å². The highest BCUT2D eigenvalue weighted by Gasteiger charge is 2.27. The van der Waals surface area contributed by atoms with Crippen molar-refractivity contribution in [2.75, 3.05) is 18.0 Å². The first-order valence-electron chi connectivity index (χ1n) is 7.79. The Morgan fingerprint density at radius 2 is 1.92 bits per heavy atom. The number of aromatic carboxylic acids is 1. The van der Waals surface area contributed by atoms with Crippen LogP contribution in [0.4, 0.5) is 10.2 Å². The van der Waals surface area contributed by atoms with Gasteiger partial charge in [-0.15, -0.1) is 0 Å². The standard InChI is InChI=1S/C18H17FN2O3/c19-14-8-6-12(7-9-14)17(22)13-3-2-10-21(11-13)16-5-1-4-15(20-16)18(23)24/h1,4-9,13H,2-3,10-11H2,(H,23,24). The van der Waals surface area contributed by atoms with Gasteiger partial charge in [-0.05, 0) is 49.2 Å². The quantitative estimate of drug-likeness (QED) is 0.874. The van der Waals surface area contributed by atoms with Crippen LogP contribution in [0.1, 0.15) is 33.7 Å². The average Bonchev–Trinajstić information content (AvgIpc) is 2.62. The van der Waals surface area contributed by atoms with Crippen molar-refractivity contribution >= 4 is 17.6 Å². The highest BCUT2D eigenvalue weighted by Crippen LogP contribution is 2.24. The number of aromatic nitrogens is 1. The average molecular weight is 328 g/mol. The molecule has 1 aliphatic heterocycles. The van der Waals surface area contributed by atoms with E-state index >= 15 is 0 Å². The van der Waals surface area contributed by atoms with Crippen LogP contribution in [0.2, 0.25) is 0 Å². The molecule has 0 saturated carbocycles. The predicted molar refractivity (Wildman–Crippen MR) is 86.9 cm³/mol. The third kappa shape index (κ3) is 3.42. The lowest BCUT2D eigenvalue weighted by Gasteiger charge is -2.33. The van der Waals surface area contributed by atoms with E-state index in [1.54, 1.807) is 12.1 Å². The van der Waals surface area contributed by atoms with Gasteiger partial charge in [0.1, 0.15) is 11.6 Å². The SMILES string of the molecule is O=C(O)c1cccc(N2CCCC(C(=O)c3ccc(F)cc3)C2)n1. The fraction of sp³-hybridized carbons (Fsp3) is 0.278. The summed E-state index contributed by atoms with van der Waals surface area (Å²) in [5.41, 5.74) is 0.481. The molecule has 0 spiro atoms. The van der Waals surface area contributed by atoms with Crippen LogP contribution in [-0.4, -0.2) is 34.9 Å². The summed E-state index contributed by atoms with van der Waals surface area (Å²) in [5.74, 6) is -1.11. The number of carboxylic acid groups (broad SMARTS) is 1. The van der Waals surface area contributed by atoms with Gasteiger partial charge in [0, 0.05) is 24.6 Å². The monoisotopic (exact) mass is 328 g/mol. The van der Waals surface area contributed by atoms with Crippen molar-refractivity contribution in [3.05, 3.63) is 59.5 Å². The van der Waals surface area contributed by atoms with Crippen LogP contribution in [0.3, 0.4) is 0 Å². The number of Topliss-reactive ketones (excluding diaryl/α,β-unsaturated/α-hetero) is 1. The Kier molecular flexibility index (Phi) is 4.55. The molecular formula is C18H17FN2O3. The minimum Gasteiger partial charge on any atom is -0.477 e. The maximum Gasteiger partial charge on any atom is 0.354 e. The largest absolute Gasteiger partial charge is 0.477 e. The van der Waals surface area contributed by atoms with Crippen molar-refractivity contribution in [3.8, 4) is 0 Å². The van der Waals surface area contributed by atoms with Gasteiger partial charge in [0.15, 0.2) is 11.5 Å². The van der Waals surface area contributed by atoms with E-state index in [0.29, 0.717) is 17.9 Å². The summed E-state index contributed by atoms with van der Waals surface area (Å²) in [5, 5.41) is 9.05. The van der Waals surface area contributed by atoms with E-state index in [9.17, 15) is 14.0 Å². The van der Waals surface area contributed by atoms with Crippen molar-refractivity contribution in [2.45, 2.75) is 12.8 Å². The Labute approximate surface area is 138 Å². The molecule has 1 fully saturated rings. The maximum atomic E-state index is 13.0. The third-order valence-corrected chi connectivity index (χ3v) is 4.20. The Morgan fingerprint density at radius 3 is 2.62 bits per heavy atom. The van der Waals surface area contributed by atoms with Crippen LogP contribution in [0.15, 0.2) is 42.5 Å². The second kappa shape index (κ2) is 6.78. The maximum absolute atomic E-state index is 13.0. The molecule has 1 atom stereocenters. The zero-order valence-electron chi connectivity index (χ0n) is 13.0. The number of carbonyl (C=O) groups excluding carboxylic acids is 1. The van der Waals surface area contributed by atoms with Crippen molar-refractivity contribution < 1.29 is 19.1 Å². The Morgan fingerprint density at radius 1 is 1.17 bits per heavy atom. The van der Waals surface area contributed by atoms with Crippen LogP contribution in [0.25, 0.3) is 0 Å². The number of piperidine rings is 1. The fourth-order valence-corrected chi connectivity index (χ4v) is 2.97. The molecule has 1 aromatic carbocycles. The molecule has 6 heteroatoms. The molecule has 3 rings (SSSR count). The van der Waals surface area contributed by atoms with Gasteiger partial charge >= 0.3 is 5.97 Å². The van der Waals surface area contributed by atoms with E-state index in [1.807, 2.05) is 4.90 Å². The molecule has 0 bridgehead atoms. The summed E-state index contributed by atoms with van der Waals surface area (Å²) in [4.78, 5) is 29.7. The van der Waals surface area contributed by atoms with Gasteiger partial charge in [-0.1, -0.05) is 6.07 Å². The van der Waals surface area contributed by atoms with Crippen molar-refractivity contribution in [1.29, 1.82) is 0 Å². The molecule has 5 nitrogen and oxygen atoms in total. The first-order valence-corrected chi connectivity index (χ1v) is 7.79. The molecule has 1 unspecified atom stereocenters. The molecule has 1 saturated heterocycles. The minimum absolute atomic E-state index is 0.0144. The molecule has 124 valence electrons. The van der Waals surface area contributed by atoms with Gasteiger partial charge in [0.05, 0.1) is 0 Å². The summed E-state index contributed by atoms with van der Waals surface area (Å²) in [6, 6.07) is 10.4. The molecule has 0 radical (unpaired) electrons. The molecule has 0 amide bonds. The summed E-state index contributed by atoms with van der Waals surface area (Å²) in [6.45, 7) is 1.20. The third-order valence-electron chi connectivity index (χ3n) is 4.20. The lowest BCUT2D eigenvalue weighted by atomic mass is 9.90. The highest BCUT2D eigenvalue weighted by atomic mass is 19.1. The molecular weight excluding hydrogens is 311 g/mol. The van der Waals surface area contributed by atoms with Gasteiger partial charge in [-0.2, -0.15) is 0 Å². The zero-order chi connectivity index (χ0) is 17.1. The topological polar surface area (TPSA) is 70.5 Å². The summed E-state index contributed by atoms with van der Waals surface area (Å²) >= 11 is 0. The Bertz CT molecular complexity index is 761. The number of hydrogen-bond acceptors (Lipinski definition) is 4. The number of hydrogen-bond donors (Lipinski definition) is 1. The molecule has 1 aromatic heterocycles. The lowest BCUT2D eigenvalue weighted by Crippen LogP contribution is -2.39. The molecule has 2 heterocycles. The van der Waals surface area contributed by atoms with Crippen molar-refractivity contribution in [2.24, 2.45) is 5.92 Å². The minimum atomic E-state index is -1.08. The summed E-state index contributed by atoms with van der Waals surface area (Å²) in [6.07, 6.45) is 1.57. The second-order valence-corrected chi connectivity index (χ2v) is 5.84. The number of carboxylic acids is 1. The summed E-state index contributed by atoms with van der Waals surface area (Å²) in [7, 11) is 0. The number of halogens is 1. The molecule has 2 aromatic rings. The van der Waals surface area contributed by atoms with Crippen molar-refractivity contribution in [1.82, 2.24) is 4.98 Å². The first-order chi connectivity index (χ1) is 11.5. The van der Waals surface area contributed by atoms with Crippen molar-refractivity contribution in [3.63, 3.8) is 0 Å². The number of benzene rings is 1. The van der Waals surface area contributed by atoms with Gasteiger partial charge in [-0.3, -0.25) is 4.79 Å².